The minimum atomic E-state index is -0.574. The molecule has 0 spiro atoms. The fourth-order valence-corrected chi connectivity index (χ4v) is 2.35. The van der Waals surface area contributed by atoms with Crippen LogP contribution < -0.4 is 10.6 Å². The van der Waals surface area contributed by atoms with Gasteiger partial charge in [-0.1, -0.05) is 36.4 Å². The van der Waals surface area contributed by atoms with Gasteiger partial charge >= 0.3 is 5.97 Å². The van der Waals surface area contributed by atoms with Crippen molar-refractivity contribution in [1.82, 2.24) is 0 Å². The van der Waals surface area contributed by atoms with Gasteiger partial charge in [0.1, 0.15) is 6.42 Å². The number of nitrogens with one attached hydrogen (secondary N) is 2. The van der Waals surface area contributed by atoms with Gasteiger partial charge in [0.25, 0.3) is 0 Å². The predicted molar refractivity (Wildman–Crippen MR) is 99.7 cm³/mol. The number of anilines is 2. The van der Waals surface area contributed by atoms with Crippen molar-refractivity contribution in [3.8, 4) is 0 Å². The first-order valence-corrected chi connectivity index (χ1v) is 8.46. The van der Waals surface area contributed by atoms with Crippen LogP contribution in [0.5, 0.6) is 0 Å². The first kappa shape index (κ1) is 19.2. The molecule has 0 unspecified atom stereocenters. The molecule has 0 radical (unpaired) electrons. The molecule has 0 aliphatic heterocycles. The van der Waals surface area contributed by atoms with Crippen molar-refractivity contribution >= 4 is 29.2 Å². The molecule has 2 amide bonds. The highest BCUT2D eigenvalue weighted by Crippen LogP contribution is 2.16. The molecule has 26 heavy (non-hydrogen) atoms. The van der Waals surface area contributed by atoms with Crippen molar-refractivity contribution in [2.24, 2.45) is 0 Å². The Bertz CT molecular complexity index is 759. The number of aryl methyl sites for hydroxylation is 1. The molecule has 2 aromatic carbocycles. The van der Waals surface area contributed by atoms with Gasteiger partial charge in [-0.25, -0.2) is 0 Å². The topological polar surface area (TPSA) is 84.5 Å². The summed E-state index contributed by atoms with van der Waals surface area (Å²) in [6.07, 6.45) is 0.674. The van der Waals surface area contributed by atoms with Crippen LogP contribution in [0.3, 0.4) is 0 Å². The molecule has 6 heteroatoms. The highest BCUT2D eigenvalue weighted by molar-refractivity contribution is 6.02. The van der Waals surface area contributed by atoms with E-state index in [0.717, 1.165) is 5.56 Å². The molecule has 0 atom stereocenters. The Kier molecular flexibility index (Phi) is 7.36. The van der Waals surface area contributed by atoms with Crippen LogP contribution in [0.2, 0.25) is 0 Å². The Morgan fingerprint density at radius 2 is 1.54 bits per heavy atom. The summed E-state index contributed by atoms with van der Waals surface area (Å²) in [5.41, 5.74) is 2.18. The van der Waals surface area contributed by atoms with Crippen molar-refractivity contribution in [3.63, 3.8) is 0 Å². The Labute approximate surface area is 152 Å². The number of carbonyl (C=O) groups excluding carboxylic acids is 3. The summed E-state index contributed by atoms with van der Waals surface area (Å²) in [5, 5.41) is 5.42. The molecule has 0 aliphatic rings. The molecule has 6 nitrogen and oxygen atoms in total. The van der Waals surface area contributed by atoms with Crippen LogP contribution >= 0.6 is 0 Å². The largest absolute Gasteiger partial charge is 0.466 e. The van der Waals surface area contributed by atoms with Crippen LogP contribution in [0.1, 0.15) is 25.3 Å². The molecule has 0 fully saturated rings. The van der Waals surface area contributed by atoms with E-state index in [0.29, 0.717) is 24.2 Å². The first-order chi connectivity index (χ1) is 12.6. The molecule has 0 heterocycles. The summed E-state index contributed by atoms with van der Waals surface area (Å²) in [4.78, 5) is 35.2. The third-order valence-corrected chi connectivity index (χ3v) is 3.52. The Balaban J connectivity index is 1.85. The number of esters is 1. The van der Waals surface area contributed by atoms with Gasteiger partial charge in [-0.05, 0) is 37.1 Å². The van der Waals surface area contributed by atoms with Gasteiger partial charge in [0.15, 0.2) is 0 Å². The molecule has 136 valence electrons. The second kappa shape index (κ2) is 9.98. The monoisotopic (exact) mass is 354 g/mol. The van der Waals surface area contributed by atoms with E-state index in [1.54, 1.807) is 31.2 Å². The van der Waals surface area contributed by atoms with Gasteiger partial charge < -0.3 is 15.4 Å². The van der Waals surface area contributed by atoms with Gasteiger partial charge in [0, 0.05) is 17.8 Å². The second-order valence-electron chi connectivity index (χ2n) is 5.64. The predicted octanol–water partition coefficient (Wildman–Crippen LogP) is 3.15. The minimum Gasteiger partial charge on any atom is -0.466 e. The quantitative estimate of drug-likeness (QED) is 0.563. The SMILES string of the molecule is CCOC(=O)CC(=O)Nc1cccc(NC(=O)CCc2ccccc2)c1. The molecular weight excluding hydrogens is 332 g/mol. The van der Waals surface area contributed by atoms with E-state index in [1.165, 1.54) is 0 Å². The van der Waals surface area contributed by atoms with Crippen LogP contribution in [0, 0.1) is 0 Å². The summed E-state index contributed by atoms with van der Waals surface area (Å²) in [5.74, 6) is -1.14. The average molecular weight is 354 g/mol. The van der Waals surface area contributed by atoms with E-state index in [2.05, 4.69) is 10.6 Å². The first-order valence-electron chi connectivity index (χ1n) is 8.46. The van der Waals surface area contributed by atoms with Gasteiger partial charge in [-0.2, -0.15) is 0 Å². The number of ether oxygens (including phenoxy) is 1. The van der Waals surface area contributed by atoms with Crippen LogP contribution in [0.4, 0.5) is 11.4 Å². The molecule has 0 aromatic heterocycles. The molecule has 2 rings (SSSR count). The van der Waals surface area contributed by atoms with E-state index in [9.17, 15) is 14.4 Å². The molecule has 0 saturated carbocycles. The van der Waals surface area contributed by atoms with Crippen LogP contribution in [-0.4, -0.2) is 24.4 Å². The summed E-state index contributed by atoms with van der Waals surface area (Å²) in [6.45, 7) is 1.91. The third kappa shape index (κ3) is 6.76. The van der Waals surface area contributed by atoms with E-state index in [1.807, 2.05) is 30.3 Å². The highest BCUT2D eigenvalue weighted by atomic mass is 16.5. The maximum absolute atomic E-state index is 12.1. The zero-order valence-corrected chi connectivity index (χ0v) is 14.7. The Morgan fingerprint density at radius 3 is 2.19 bits per heavy atom. The molecule has 2 aromatic rings. The van der Waals surface area contributed by atoms with Crippen molar-refractivity contribution in [1.29, 1.82) is 0 Å². The van der Waals surface area contributed by atoms with Crippen LogP contribution in [-0.2, 0) is 25.5 Å². The van der Waals surface area contributed by atoms with Crippen molar-refractivity contribution in [2.75, 3.05) is 17.2 Å². The van der Waals surface area contributed by atoms with E-state index >= 15 is 0 Å². The van der Waals surface area contributed by atoms with Crippen LogP contribution in [0.15, 0.2) is 54.6 Å². The average Bonchev–Trinajstić information content (AvgIpc) is 2.61. The summed E-state index contributed by atoms with van der Waals surface area (Å²) in [7, 11) is 0. The minimum absolute atomic E-state index is 0.108. The lowest BCUT2D eigenvalue weighted by molar-refractivity contribution is -0.145. The number of benzene rings is 2. The number of hydrogen-bond acceptors (Lipinski definition) is 4. The number of hydrogen-bond donors (Lipinski definition) is 2. The number of carbonyl (C=O) groups is 3. The van der Waals surface area contributed by atoms with Gasteiger partial charge in [-0.15, -0.1) is 0 Å². The third-order valence-electron chi connectivity index (χ3n) is 3.52. The maximum atomic E-state index is 12.1. The van der Waals surface area contributed by atoms with E-state index in [-0.39, 0.29) is 18.9 Å². The molecule has 0 aliphatic carbocycles. The van der Waals surface area contributed by atoms with Crippen LogP contribution in [0.25, 0.3) is 0 Å². The lowest BCUT2D eigenvalue weighted by Crippen LogP contribution is -2.18. The van der Waals surface area contributed by atoms with Gasteiger partial charge in [0.2, 0.25) is 11.8 Å². The lowest BCUT2D eigenvalue weighted by Gasteiger charge is -2.09. The standard InChI is InChI=1S/C20H22N2O4/c1-2-26-20(25)14-19(24)22-17-10-6-9-16(13-17)21-18(23)12-11-15-7-4-3-5-8-15/h3-10,13H,2,11-12,14H2,1H3,(H,21,23)(H,22,24). The van der Waals surface area contributed by atoms with Crippen molar-refractivity contribution in [3.05, 3.63) is 60.2 Å². The highest BCUT2D eigenvalue weighted by Gasteiger charge is 2.11. The zero-order valence-electron chi connectivity index (χ0n) is 14.7. The van der Waals surface area contributed by atoms with Gasteiger partial charge in [0.05, 0.1) is 6.61 Å². The van der Waals surface area contributed by atoms with Crippen molar-refractivity contribution in [2.45, 2.75) is 26.2 Å². The lowest BCUT2D eigenvalue weighted by atomic mass is 10.1. The number of amides is 2. The maximum Gasteiger partial charge on any atom is 0.315 e. The Morgan fingerprint density at radius 1 is 0.885 bits per heavy atom. The molecule has 2 N–H and O–H groups in total. The molecular formula is C20H22N2O4. The summed E-state index contributed by atoms with van der Waals surface area (Å²) < 4.78 is 4.73. The van der Waals surface area contributed by atoms with E-state index in [4.69, 9.17) is 4.74 Å². The summed E-state index contributed by atoms with van der Waals surface area (Å²) in [6, 6.07) is 16.6. The number of rotatable bonds is 8. The smallest absolute Gasteiger partial charge is 0.315 e. The summed E-state index contributed by atoms with van der Waals surface area (Å²) >= 11 is 0. The van der Waals surface area contributed by atoms with E-state index < -0.39 is 11.9 Å². The normalized spacial score (nSPS) is 10.0. The van der Waals surface area contributed by atoms with Gasteiger partial charge in [-0.3, -0.25) is 14.4 Å². The zero-order chi connectivity index (χ0) is 18.8. The molecule has 0 saturated heterocycles. The van der Waals surface area contributed by atoms with Crippen molar-refractivity contribution < 1.29 is 19.1 Å². The molecule has 0 bridgehead atoms. The Hall–Kier alpha value is -3.15. The fourth-order valence-electron chi connectivity index (χ4n) is 2.35. The second-order valence-corrected chi connectivity index (χ2v) is 5.64. The fraction of sp³-hybridized carbons (Fsp3) is 0.250.